The van der Waals surface area contributed by atoms with E-state index in [0.29, 0.717) is 10.7 Å². The molecule has 4 heteroatoms. The molecule has 1 aromatic rings. The molecule has 0 aliphatic carbocycles. The van der Waals surface area contributed by atoms with Crippen LogP contribution in [0.2, 0.25) is 5.02 Å². The van der Waals surface area contributed by atoms with Gasteiger partial charge in [0.1, 0.15) is 0 Å². The van der Waals surface area contributed by atoms with Crippen molar-refractivity contribution >= 4 is 11.6 Å². The second-order valence-electron chi connectivity index (χ2n) is 2.93. The predicted molar refractivity (Wildman–Crippen MR) is 47.9 cm³/mol. The molecule has 0 spiro atoms. The fraction of sp³-hybridized carbons (Fsp3) is 0.375. The van der Waals surface area contributed by atoms with Crippen LogP contribution in [0.1, 0.15) is 12.6 Å². The molecule has 0 amide bonds. The summed E-state index contributed by atoms with van der Waals surface area (Å²) in [5.74, 6) is 0. The standard InChI is InChI=1S/C8H11ClN2O/c1-8(10,5-12)7-4-6(9)2-3-11-7/h2-4,12H,5,10H2,1H3/t8-/m1/s1. The van der Waals surface area contributed by atoms with E-state index < -0.39 is 5.54 Å². The molecule has 3 nitrogen and oxygen atoms in total. The second-order valence-corrected chi connectivity index (χ2v) is 3.37. The largest absolute Gasteiger partial charge is 0.394 e. The number of hydrogen-bond acceptors (Lipinski definition) is 3. The Hall–Kier alpha value is -0.640. The first-order valence-corrected chi connectivity index (χ1v) is 3.96. The van der Waals surface area contributed by atoms with Crippen LogP contribution in [0.4, 0.5) is 0 Å². The van der Waals surface area contributed by atoms with Gasteiger partial charge in [0.05, 0.1) is 17.8 Å². The van der Waals surface area contributed by atoms with Crippen LogP contribution in [0.25, 0.3) is 0 Å². The summed E-state index contributed by atoms with van der Waals surface area (Å²) < 4.78 is 0. The summed E-state index contributed by atoms with van der Waals surface area (Å²) in [6.07, 6.45) is 1.57. The molecule has 0 radical (unpaired) electrons. The highest BCUT2D eigenvalue weighted by Crippen LogP contribution is 2.17. The van der Waals surface area contributed by atoms with Gasteiger partial charge >= 0.3 is 0 Å². The Morgan fingerprint density at radius 1 is 1.75 bits per heavy atom. The molecule has 3 N–H and O–H groups in total. The average molecular weight is 187 g/mol. The molecule has 66 valence electrons. The number of aliphatic hydroxyl groups excluding tert-OH is 1. The lowest BCUT2D eigenvalue weighted by Gasteiger charge is -2.20. The molecule has 1 atom stereocenters. The fourth-order valence-corrected chi connectivity index (χ4v) is 0.958. The number of aromatic nitrogens is 1. The molecule has 0 saturated heterocycles. The summed E-state index contributed by atoms with van der Waals surface area (Å²) in [6.45, 7) is 1.55. The number of pyridine rings is 1. The lowest BCUT2D eigenvalue weighted by atomic mass is 10.0. The third kappa shape index (κ3) is 1.94. The van der Waals surface area contributed by atoms with Crippen molar-refractivity contribution in [3.63, 3.8) is 0 Å². The zero-order valence-electron chi connectivity index (χ0n) is 6.79. The van der Waals surface area contributed by atoms with E-state index in [9.17, 15) is 0 Å². The topological polar surface area (TPSA) is 59.1 Å². The Kier molecular flexibility index (Phi) is 2.67. The molecule has 0 unspecified atom stereocenters. The molecular formula is C8H11ClN2O. The number of hydrogen-bond donors (Lipinski definition) is 2. The van der Waals surface area contributed by atoms with E-state index >= 15 is 0 Å². The van der Waals surface area contributed by atoms with E-state index in [0.717, 1.165) is 0 Å². The smallest absolute Gasteiger partial charge is 0.0789 e. The number of aliphatic hydroxyl groups is 1. The van der Waals surface area contributed by atoms with Crippen LogP contribution in [-0.4, -0.2) is 16.7 Å². The molecule has 0 aliphatic heterocycles. The van der Waals surface area contributed by atoms with Gasteiger partial charge in [-0.1, -0.05) is 11.6 Å². The maximum Gasteiger partial charge on any atom is 0.0789 e. The van der Waals surface area contributed by atoms with Gasteiger partial charge < -0.3 is 10.8 Å². The molecule has 1 heterocycles. The average Bonchev–Trinajstić information content (AvgIpc) is 2.05. The number of rotatable bonds is 2. The maximum absolute atomic E-state index is 8.93. The quantitative estimate of drug-likeness (QED) is 0.722. The Balaban J connectivity index is 3.03. The fourth-order valence-electron chi connectivity index (χ4n) is 0.798. The highest BCUT2D eigenvalue weighted by Gasteiger charge is 2.21. The van der Waals surface area contributed by atoms with Gasteiger partial charge in [0.15, 0.2) is 0 Å². The van der Waals surface area contributed by atoms with Gasteiger partial charge in [-0.05, 0) is 19.1 Å². The number of halogens is 1. The molecule has 1 rings (SSSR count). The van der Waals surface area contributed by atoms with E-state index in [4.69, 9.17) is 22.4 Å². The van der Waals surface area contributed by atoms with Crippen molar-refractivity contribution in [1.29, 1.82) is 0 Å². The monoisotopic (exact) mass is 186 g/mol. The van der Waals surface area contributed by atoms with Crippen molar-refractivity contribution in [3.8, 4) is 0 Å². The zero-order chi connectivity index (χ0) is 9.19. The first-order valence-electron chi connectivity index (χ1n) is 3.58. The molecule has 1 aromatic heterocycles. The molecule has 0 aromatic carbocycles. The lowest BCUT2D eigenvalue weighted by Crippen LogP contribution is -2.37. The normalized spacial score (nSPS) is 15.7. The van der Waals surface area contributed by atoms with Crippen LogP contribution in [0, 0.1) is 0 Å². The summed E-state index contributed by atoms with van der Waals surface area (Å²) in [6, 6.07) is 3.32. The van der Waals surface area contributed by atoms with Crippen LogP contribution in [0.3, 0.4) is 0 Å². The van der Waals surface area contributed by atoms with Gasteiger partial charge in [-0.15, -0.1) is 0 Å². The lowest BCUT2D eigenvalue weighted by molar-refractivity contribution is 0.207. The van der Waals surface area contributed by atoms with Gasteiger partial charge in [-0.3, -0.25) is 4.98 Å². The molecular weight excluding hydrogens is 176 g/mol. The summed E-state index contributed by atoms with van der Waals surface area (Å²) in [5.41, 5.74) is 5.52. The van der Waals surface area contributed by atoms with Crippen molar-refractivity contribution in [1.82, 2.24) is 4.98 Å². The SMILES string of the molecule is C[C@@](N)(CO)c1cc(Cl)ccn1. The van der Waals surface area contributed by atoms with E-state index in [2.05, 4.69) is 4.98 Å². The molecule has 0 aliphatic rings. The van der Waals surface area contributed by atoms with Gasteiger partial charge in [0.25, 0.3) is 0 Å². The maximum atomic E-state index is 8.93. The molecule has 0 bridgehead atoms. The highest BCUT2D eigenvalue weighted by atomic mass is 35.5. The van der Waals surface area contributed by atoms with Crippen molar-refractivity contribution in [3.05, 3.63) is 29.0 Å². The molecule has 0 fully saturated rings. The first-order chi connectivity index (χ1) is 5.56. The third-order valence-corrected chi connectivity index (χ3v) is 1.87. The van der Waals surface area contributed by atoms with Gasteiger partial charge in [-0.2, -0.15) is 0 Å². The Labute approximate surface area is 76.2 Å². The van der Waals surface area contributed by atoms with Crippen LogP contribution < -0.4 is 5.73 Å². The molecule has 0 saturated carbocycles. The zero-order valence-corrected chi connectivity index (χ0v) is 7.54. The van der Waals surface area contributed by atoms with E-state index in [1.54, 1.807) is 25.3 Å². The minimum Gasteiger partial charge on any atom is -0.394 e. The number of nitrogens with zero attached hydrogens (tertiary/aromatic N) is 1. The Bertz CT molecular complexity index is 276. The summed E-state index contributed by atoms with van der Waals surface area (Å²) in [5, 5.41) is 9.50. The van der Waals surface area contributed by atoms with Crippen LogP contribution >= 0.6 is 11.6 Å². The minimum atomic E-state index is -0.815. The van der Waals surface area contributed by atoms with Crippen molar-refractivity contribution in [2.45, 2.75) is 12.5 Å². The van der Waals surface area contributed by atoms with Crippen LogP contribution in [0.15, 0.2) is 18.3 Å². The van der Waals surface area contributed by atoms with Crippen LogP contribution in [-0.2, 0) is 5.54 Å². The third-order valence-electron chi connectivity index (χ3n) is 1.64. The van der Waals surface area contributed by atoms with Gasteiger partial charge in [0.2, 0.25) is 0 Å². The minimum absolute atomic E-state index is 0.152. The van der Waals surface area contributed by atoms with E-state index in [1.165, 1.54) is 0 Å². The Morgan fingerprint density at radius 2 is 2.42 bits per heavy atom. The first kappa shape index (κ1) is 9.45. The van der Waals surface area contributed by atoms with Crippen molar-refractivity contribution in [2.75, 3.05) is 6.61 Å². The van der Waals surface area contributed by atoms with Crippen molar-refractivity contribution < 1.29 is 5.11 Å². The molecule has 12 heavy (non-hydrogen) atoms. The summed E-state index contributed by atoms with van der Waals surface area (Å²) in [4.78, 5) is 4.01. The second kappa shape index (κ2) is 3.39. The van der Waals surface area contributed by atoms with Gasteiger partial charge in [0, 0.05) is 11.2 Å². The number of nitrogens with two attached hydrogens (primary N) is 1. The van der Waals surface area contributed by atoms with Crippen LogP contribution in [0.5, 0.6) is 0 Å². The Morgan fingerprint density at radius 3 is 2.92 bits per heavy atom. The van der Waals surface area contributed by atoms with Crippen molar-refractivity contribution in [2.24, 2.45) is 5.73 Å². The summed E-state index contributed by atoms with van der Waals surface area (Å²) >= 11 is 5.73. The highest BCUT2D eigenvalue weighted by molar-refractivity contribution is 6.30. The van der Waals surface area contributed by atoms with Gasteiger partial charge in [-0.25, -0.2) is 0 Å². The van der Waals surface area contributed by atoms with E-state index in [1.807, 2.05) is 0 Å². The summed E-state index contributed by atoms with van der Waals surface area (Å²) in [7, 11) is 0. The predicted octanol–water partition coefficient (Wildman–Crippen LogP) is 0.901. The van der Waals surface area contributed by atoms with E-state index in [-0.39, 0.29) is 6.61 Å².